The van der Waals surface area contributed by atoms with E-state index >= 15 is 0 Å². The summed E-state index contributed by atoms with van der Waals surface area (Å²) in [4.78, 5) is 10.6. The molecule has 1 saturated heterocycles. The third-order valence-corrected chi connectivity index (χ3v) is 2.72. The Bertz CT molecular complexity index is 413. The van der Waals surface area contributed by atoms with Crippen molar-refractivity contribution in [2.24, 2.45) is 0 Å². The lowest BCUT2D eigenvalue weighted by Crippen LogP contribution is -2.27. The molecule has 1 aliphatic rings. The number of nitrogens with zero attached hydrogens (tertiary/aromatic N) is 1. The number of ether oxygens (including phenoxy) is 2. The summed E-state index contributed by atoms with van der Waals surface area (Å²) in [5, 5.41) is 10.9. The normalized spacial score (nSPS) is 17.0. The molecule has 0 aromatic heterocycles. The van der Waals surface area contributed by atoms with Crippen molar-refractivity contribution in [1.29, 1.82) is 0 Å². The highest BCUT2D eigenvalue weighted by molar-refractivity contribution is 5.43. The van der Waals surface area contributed by atoms with Crippen LogP contribution < -0.4 is 0 Å². The zero-order valence-electron chi connectivity index (χ0n) is 9.72. The van der Waals surface area contributed by atoms with Crippen molar-refractivity contribution in [3.8, 4) is 0 Å². The van der Waals surface area contributed by atoms with Crippen molar-refractivity contribution < 1.29 is 14.4 Å². The Balaban J connectivity index is 2.16. The van der Waals surface area contributed by atoms with Gasteiger partial charge in [-0.25, -0.2) is 0 Å². The molecule has 2 rings (SSSR count). The fourth-order valence-electron chi connectivity index (χ4n) is 1.85. The maximum atomic E-state index is 10.9. The molecular formula is C12H15NO4. The molecule has 1 aromatic carbocycles. The first-order valence-corrected chi connectivity index (χ1v) is 5.64. The number of hydrogen-bond donors (Lipinski definition) is 0. The van der Waals surface area contributed by atoms with Gasteiger partial charge in [0.05, 0.1) is 18.1 Å². The fourth-order valence-corrected chi connectivity index (χ4v) is 1.85. The Morgan fingerprint density at radius 1 is 1.41 bits per heavy atom. The van der Waals surface area contributed by atoms with Gasteiger partial charge in [-0.2, -0.15) is 0 Å². The van der Waals surface area contributed by atoms with E-state index in [4.69, 9.17) is 9.47 Å². The monoisotopic (exact) mass is 237 g/mol. The van der Waals surface area contributed by atoms with Gasteiger partial charge in [-0.1, -0.05) is 12.1 Å². The number of rotatable bonds is 3. The van der Waals surface area contributed by atoms with Gasteiger partial charge >= 0.3 is 0 Å². The van der Waals surface area contributed by atoms with Gasteiger partial charge in [-0.3, -0.25) is 10.1 Å². The Kier molecular flexibility index (Phi) is 3.71. The highest BCUT2D eigenvalue weighted by Crippen LogP contribution is 2.23. The van der Waals surface area contributed by atoms with Crippen LogP contribution in [0.4, 0.5) is 5.69 Å². The predicted molar refractivity (Wildman–Crippen MR) is 61.8 cm³/mol. The highest BCUT2D eigenvalue weighted by Gasteiger charge is 2.20. The Morgan fingerprint density at radius 3 is 2.76 bits per heavy atom. The molecule has 5 heteroatoms. The van der Waals surface area contributed by atoms with Crippen LogP contribution in [-0.2, 0) is 15.9 Å². The molecule has 92 valence electrons. The molecule has 1 fully saturated rings. The summed E-state index contributed by atoms with van der Waals surface area (Å²) < 4.78 is 10.8. The molecule has 1 heterocycles. The molecule has 0 bridgehead atoms. The van der Waals surface area contributed by atoms with E-state index in [1.54, 1.807) is 12.1 Å². The highest BCUT2D eigenvalue weighted by atomic mass is 16.7. The first-order chi connectivity index (χ1) is 8.16. The minimum atomic E-state index is -0.356. The second-order valence-electron chi connectivity index (χ2n) is 4.12. The lowest BCUT2D eigenvalue weighted by molar-refractivity contribution is -0.385. The lowest BCUT2D eigenvalue weighted by atomic mass is 10.1. The average molecular weight is 237 g/mol. The molecule has 0 saturated carbocycles. The van der Waals surface area contributed by atoms with Crippen molar-refractivity contribution in [2.75, 3.05) is 13.2 Å². The summed E-state index contributed by atoms with van der Waals surface area (Å²) in [6.07, 6.45) is 0.952. The van der Waals surface area contributed by atoms with Crippen LogP contribution in [0.3, 0.4) is 0 Å². The molecule has 1 aromatic rings. The van der Waals surface area contributed by atoms with Gasteiger partial charge in [-0.15, -0.1) is 0 Å². The molecular weight excluding hydrogens is 222 g/mol. The average Bonchev–Trinajstić information content (AvgIpc) is 2.32. The minimum Gasteiger partial charge on any atom is -0.352 e. The van der Waals surface area contributed by atoms with E-state index in [0.29, 0.717) is 25.2 Å². The van der Waals surface area contributed by atoms with E-state index in [0.717, 1.165) is 12.0 Å². The van der Waals surface area contributed by atoms with Crippen LogP contribution in [0.5, 0.6) is 0 Å². The number of nitro groups is 1. The zero-order valence-corrected chi connectivity index (χ0v) is 9.72. The van der Waals surface area contributed by atoms with Crippen LogP contribution in [0.15, 0.2) is 18.2 Å². The molecule has 1 aliphatic heterocycles. The van der Waals surface area contributed by atoms with Gasteiger partial charge in [0, 0.05) is 18.1 Å². The molecule has 0 radical (unpaired) electrons. The number of nitro benzene ring substituents is 1. The molecule has 0 unspecified atom stereocenters. The first-order valence-electron chi connectivity index (χ1n) is 5.64. The van der Waals surface area contributed by atoms with Crippen molar-refractivity contribution in [2.45, 2.75) is 26.1 Å². The summed E-state index contributed by atoms with van der Waals surface area (Å²) >= 11 is 0. The van der Waals surface area contributed by atoms with Crippen molar-refractivity contribution in [3.63, 3.8) is 0 Å². The smallest absolute Gasteiger partial charge is 0.273 e. The molecule has 17 heavy (non-hydrogen) atoms. The third-order valence-electron chi connectivity index (χ3n) is 2.72. The summed E-state index contributed by atoms with van der Waals surface area (Å²) in [6, 6.07) is 5.22. The lowest BCUT2D eigenvalue weighted by Gasteiger charge is -2.23. The maximum Gasteiger partial charge on any atom is 0.273 e. The topological polar surface area (TPSA) is 61.6 Å². The van der Waals surface area contributed by atoms with Crippen molar-refractivity contribution in [1.82, 2.24) is 0 Å². The van der Waals surface area contributed by atoms with E-state index in [2.05, 4.69) is 0 Å². The molecule has 5 nitrogen and oxygen atoms in total. The van der Waals surface area contributed by atoms with Gasteiger partial charge in [0.15, 0.2) is 6.29 Å². The van der Waals surface area contributed by atoms with Gasteiger partial charge in [0.1, 0.15) is 0 Å². The van der Waals surface area contributed by atoms with Crippen LogP contribution in [0.1, 0.15) is 17.5 Å². The Hall–Kier alpha value is -1.46. The van der Waals surface area contributed by atoms with Crippen LogP contribution in [0.2, 0.25) is 0 Å². The van der Waals surface area contributed by atoms with Gasteiger partial charge in [-0.05, 0) is 18.9 Å². The molecule has 0 amide bonds. The number of benzene rings is 1. The summed E-state index contributed by atoms with van der Waals surface area (Å²) in [5.74, 6) is 0. The first kappa shape index (κ1) is 12.0. The zero-order chi connectivity index (χ0) is 12.3. The van der Waals surface area contributed by atoms with E-state index < -0.39 is 0 Å². The van der Waals surface area contributed by atoms with Gasteiger partial charge in [0.25, 0.3) is 5.69 Å². The second kappa shape index (κ2) is 5.25. The summed E-state index contributed by atoms with van der Waals surface area (Å²) in [7, 11) is 0. The molecule has 0 N–H and O–H groups in total. The largest absolute Gasteiger partial charge is 0.352 e. The molecule has 0 atom stereocenters. The predicted octanol–water partition coefficient (Wildman–Crippen LogP) is 2.21. The van der Waals surface area contributed by atoms with E-state index in [1.165, 1.54) is 0 Å². The fraction of sp³-hybridized carbons (Fsp3) is 0.500. The minimum absolute atomic E-state index is 0.141. The number of hydrogen-bond acceptors (Lipinski definition) is 4. The van der Waals surface area contributed by atoms with E-state index in [9.17, 15) is 10.1 Å². The molecule has 0 spiro atoms. The van der Waals surface area contributed by atoms with Crippen molar-refractivity contribution in [3.05, 3.63) is 39.4 Å². The van der Waals surface area contributed by atoms with Crippen LogP contribution in [-0.4, -0.2) is 24.4 Å². The van der Waals surface area contributed by atoms with Gasteiger partial charge < -0.3 is 9.47 Å². The van der Waals surface area contributed by atoms with Crippen LogP contribution in [0, 0.1) is 17.0 Å². The van der Waals surface area contributed by atoms with Crippen LogP contribution >= 0.6 is 0 Å². The van der Waals surface area contributed by atoms with E-state index in [-0.39, 0.29) is 16.9 Å². The standard InChI is InChI=1S/C12H15NO4/c1-9-3-4-10(11(7-9)13(14)15)8-12-16-5-2-6-17-12/h3-4,7,12H,2,5-6,8H2,1H3. The quantitative estimate of drug-likeness (QED) is 0.597. The summed E-state index contributed by atoms with van der Waals surface area (Å²) in [6.45, 7) is 3.15. The van der Waals surface area contributed by atoms with Crippen molar-refractivity contribution >= 4 is 5.69 Å². The Labute approximate surface area is 99.5 Å². The Morgan fingerprint density at radius 2 is 2.12 bits per heavy atom. The molecule has 0 aliphatic carbocycles. The maximum absolute atomic E-state index is 10.9. The van der Waals surface area contributed by atoms with Crippen LogP contribution in [0.25, 0.3) is 0 Å². The van der Waals surface area contributed by atoms with E-state index in [1.807, 2.05) is 13.0 Å². The second-order valence-corrected chi connectivity index (χ2v) is 4.12. The van der Waals surface area contributed by atoms with Gasteiger partial charge in [0.2, 0.25) is 0 Å². The SMILES string of the molecule is Cc1ccc(CC2OCCCO2)c([N+](=O)[O-])c1. The summed E-state index contributed by atoms with van der Waals surface area (Å²) in [5.41, 5.74) is 1.68. The number of aryl methyl sites for hydroxylation is 1. The third kappa shape index (κ3) is 3.01.